The Balaban J connectivity index is 1.90. The summed E-state index contributed by atoms with van der Waals surface area (Å²) in [6.07, 6.45) is 3.28. The third kappa shape index (κ3) is 4.45. The summed E-state index contributed by atoms with van der Waals surface area (Å²) in [4.78, 5) is 31.5. The summed E-state index contributed by atoms with van der Waals surface area (Å²) in [6.45, 7) is 7.69. The molecule has 0 fully saturated rings. The summed E-state index contributed by atoms with van der Waals surface area (Å²) in [6, 6.07) is 13.3. The zero-order valence-electron chi connectivity index (χ0n) is 18.9. The number of carbonyl (C=O) groups is 1. The summed E-state index contributed by atoms with van der Waals surface area (Å²) in [5.74, 6) is 0.202. The minimum atomic E-state index is -0.713. The Morgan fingerprint density at radius 3 is 2.65 bits per heavy atom. The van der Waals surface area contributed by atoms with Gasteiger partial charge in [0.05, 0.1) is 28.5 Å². The van der Waals surface area contributed by atoms with E-state index in [4.69, 9.17) is 9.47 Å². The molecule has 1 atom stereocenters. The maximum atomic E-state index is 13.5. The van der Waals surface area contributed by atoms with Crippen LogP contribution in [0, 0.1) is 0 Å². The highest BCUT2D eigenvalue weighted by molar-refractivity contribution is 7.07. The summed E-state index contributed by atoms with van der Waals surface area (Å²) < 4.78 is 12.8. The SMILES string of the molecule is C=CCOc1ccc([C@H]2C(C(=O)OCC)=C(C)N=c3s/c(=C/c4ccccc4O)c(=O)n32)cc1. The minimum absolute atomic E-state index is 0.0726. The van der Waals surface area contributed by atoms with E-state index in [9.17, 15) is 14.7 Å². The second kappa shape index (κ2) is 9.93. The second-order valence-electron chi connectivity index (χ2n) is 7.53. The van der Waals surface area contributed by atoms with E-state index in [2.05, 4.69) is 11.6 Å². The van der Waals surface area contributed by atoms with E-state index in [1.54, 1.807) is 62.4 Å². The molecule has 1 aromatic heterocycles. The molecular formula is C26H24N2O5S. The van der Waals surface area contributed by atoms with Gasteiger partial charge < -0.3 is 14.6 Å². The van der Waals surface area contributed by atoms with Crippen LogP contribution in [-0.4, -0.2) is 28.9 Å². The highest BCUT2D eigenvalue weighted by Crippen LogP contribution is 2.31. The number of allylic oxidation sites excluding steroid dienone is 1. The predicted molar refractivity (Wildman–Crippen MR) is 131 cm³/mol. The molecule has 1 N–H and O–H groups in total. The van der Waals surface area contributed by atoms with E-state index in [0.717, 1.165) is 5.56 Å². The van der Waals surface area contributed by atoms with E-state index >= 15 is 0 Å². The molecule has 0 spiro atoms. The van der Waals surface area contributed by atoms with Crippen molar-refractivity contribution in [3.8, 4) is 11.5 Å². The fourth-order valence-corrected chi connectivity index (χ4v) is 4.80. The minimum Gasteiger partial charge on any atom is -0.507 e. The summed E-state index contributed by atoms with van der Waals surface area (Å²) in [5.41, 5.74) is 1.74. The van der Waals surface area contributed by atoms with Crippen molar-refractivity contribution in [1.82, 2.24) is 4.57 Å². The standard InChI is InChI=1S/C26H24N2O5S/c1-4-14-33-19-12-10-17(11-13-19)23-22(25(31)32-5-2)16(3)27-26-28(23)24(30)21(34-26)15-18-8-6-7-9-20(18)29/h4,6-13,15,23,29H,1,5,14H2,2-3H3/b21-15+/t23-/m0/s1. The van der Waals surface area contributed by atoms with Crippen LogP contribution < -0.4 is 19.6 Å². The van der Waals surface area contributed by atoms with Gasteiger partial charge in [-0.2, -0.15) is 0 Å². The number of aromatic nitrogens is 1. The summed E-state index contributed by atoms with van der Waals surface area (Å²) in [7, 11) is 0. The van der Waals surface area contributed by atoms with Crippen molar-refractivity contribution in [2.45, 2.75) is 19.9 Å². The molecule has 0 unspecified atom stereocenters. The first kappa shape index (κ1) is 23.3. The van der Waals surface area contributed by atoms with Gasteiger partial charge in [0.15, 0.2) is 4.80 Å². The highest BCUT2D eigenvalue weighted by Gasteiger charge is 2.33. The van der Waals surface area contributed by atoms with Gasteiger partial charge >= 0.3 is 5.97 Å². The molecule has 34 heavy (non-hydrogen) atoms. The van der Waals surface area contributed by atoms with Crippen LogP contribution in [0.25, 0.3) is 6.08 Å². The molecule has 2 heterocycles. The number of hydrogen-bond acceptors (Lipinski definition) is 7. The fraction of sp³-hybridized carbons (Fsp3) is 0.192. The van der Waals surface area contributed by atoms with Crippen molar-refractivity contribution in [3.63, 3.8) is 0 Å². The monoisotopic (exact) mass is 476 g/mol. The maximum absolute atomic E-state index is 13.5. The predicted octanol–water partition coefficient (Wildman–Crippen LogP) is 3.07. The number of para-hydroxylation sites is 1. The molecule has 4 rings (SSSR count). The number of ether oxygens (including phenoxy) is 2. The average molecular weight is 477 g/mol. The third-order valence-electron chi connectivity index (χ3n) is 5.30. The van der Waals surface area contributed by atoms with Crippen LogP contribution in [0.3, 0.4) is 0 Å². The Morgan fingerprint density at radius 2 is 1.97 bits per heavy atom. The molecule has 0 saturated carbocycles. The number of aromatic hydroxyl groups is 1. The number of rotatable bonds is 7. The molecule has 7 nitrogen and oxygen atoms in total. The number of hydrogen-bond donors (Lipinski definition) is 1. The van der Waals surface area contributed by atoms with E-state index < -0.39 is 12.0 Å². The molecule has 3 aromatic rings. The number of benzene rings is 2. The normalized spacial score (nSPS) is 15.5. The van der Waals surface area contributed by atoms with Gasteiger partial charge in [0.2, 0.25) is 0 Å². The molecule has 8 heteroatoms. The first-order valence-electron chi connectivity index (χ1n) is 10.8. The second-order valence-corrected chi connectivity index (χ2v) is 8.54. The van der Waals surface area contributed by atoms with Gasteiger partial charge in [-0.3, -0.25) is 9.36 Å². The van der Waals surface area contributed by atoms with Gasteiger partial charge in [-0.1, -0.05) is 54.3 Å². The van der Waals surface area contributed by atoms with Crippen LogP contribution >= 0.6 is 11.3 Å². The van der Waals surface area contributed by atoms with Crippen molar-refractivity contribution in [1.29, 1.82) is 0 Å². The van der Waals surface area contributed by atoms with Crippen LogP contribution in [0.15, 0.2) is 82.2 Å². The molecule has 1 aliphatic heterocycles. The quantitative estimate of drug-likeness (QED) is 0.418. The lowest BCUT2D eigenvalue weighted by Gasteiger charge is -2.24. The van der Waals surface area contributed by atoms with E-state index in [-0.39, 0.29) is 17.9 Å². The summed E-state index contributed by atoms with van der Waals surface area (Å²) in [5, 5.41) is 10.2. The number of thiazole rings is 1. The average Bonchev–Trinajstić information content (AvgIpc) is 3.13. The first-order valence-corrected chi connectivity index (χ1v) is 11.6. The van der Waals surface area contributed by atoms with Gasteiger partial charge in [0, 0.05) is 5.56 Å². The Kier molecular flexibility index (Phi) is 6.79. The van der Waals surface area contributed by atoms with Crippen molar-refractivity contribution in [2.75, 3.05) is 13.2 Å². The smallest absolute Gasteiger partial charge is 0.338 e. The van der Waals surface area contributed by atoms with Gasteiger partial charge in [-0.25, -0.2) is 9.79 Å². The number of nitrogens with zero attached hydrogens (tertiary/aromatic N) is 2. The molecule has 0 amide bonds. The van der Waals surface area contributed by atoms with Crippen LogP contribution in [0.1, 0.15) is 31.0 Å². The molecule has 174 valence electrons. The van der Waals surface area contributed by atoms with Gasteiger partial charge in [-0.05, 0) is 43.7 Å². The Bertz CT molecular complexity index is 1450. The third-order valence-corrected chi connectivity index (χ3v) is 6.29. The Hall–Kier alpha value is -3.91. The van der Waals surface area contributed by atoms with Crippen LogP contribution in [0.4, 0.5) is 0 Å². The van der Waals surface area contributed by atoms with Crippen molar-refractivity contribution in [2.24, 2.45) is 4.99 Å². The van der Waals surface area contributed by atoms with Gasteiger partial charge in [0.1, 0.15) is 18.1 Å². The van der Waals surface area contributed by atoms with Gasteiger partial charge in [-0.15, -0.1) is 0 Å². The van der Waals surface area contributed by atoms with E-state index in [0.29, 0.717) is 38.5 Å². The number of phenolic OH excluding ortho intramolecular Hbond substituents is 1. The molecule has 0 saturated heterocycles. The molecule has 0 radical (unpaired) electrons. The first-order chi connectivity index (χ1) is 16.4. The number of phenols is 1. The lowest BCUT2D eigenvalue weighted by atomic mass is 9.96. The number of fused-ring (bicyclic) bond motifs is 1. The molecule has 0 aliphatic carbocycles. The Labute approximate surface area is 200 Å². The molecule has 1 aliphatic rings. The van der Waals surface area contributed by atoms with Crippen molar-refractivity contribution >= 4 is 23.4 Å². The fourth-order valence-electron chi connectivity index (χ4n) is 3.76. The van der Waals surface area contributed by atoms with Crippen LogP contribution in [-0.2, 0) is 9.53 Å². The topological polar surface area (TPSA) is 90.1 Å². The lowest BCUT2D eigenvalue weighted by Crippen LogP contribution is -2.39. The maximum Gasteiger partial charge on any atom is 0.338 e. The Morgan fingerprint density at radius 1 is 1.24 bits per heavy atom. The summed E-state index contributed by atoms with van der Waals surface area (Å²) >= 11 is 1.20. The zero-order chi connectivity index (χ0) is 24.2. The van der Waals surface area contributed by atoms with Crippen molar-refractivity contribution in [3.05, 3.63) is 103 Å². The van der Waals surface area contributed by atoms with Crippen LogP contribution in [0.5, 0.6) is 11.5 Å². The highest BCUT2D eigenvalue weighted by atomic mass is 32.1. The number of carbonyl (C=O) groups excluding carboxylic acids is 1. The zero-order valence-corrected chi connectivity index (χ0v) is 19.7. The van der Waals surface area contributed by atoms with E-state index in [1.165, 1.54) is 15.9 Å². The number of esters is 1. The van der Waals surface area contributed by atoms with Crippen molar-refractivity contribution < 1.29 is 19.4 Å². The van der Waals surface area contributed by atoms with Crippen LogP contribution in [0.2, 0.25) is 0 Å². The molecule has 2 aromatic carbocycles. The van der Waals surface area contributed by atoms with Gasteiger partial charge in [0.25, 0.3) is 5.56 Å². The largest absolute Gasteiger partial charge is 0.507 e. The van der Waals surface area contributed by atoms with E-state index in [1.807, 2.05) is 12.1 Å². The lowest BCUT2D eigenvalue weighted by molar-refractivity contribution is -0.139. The molecule has 0 bridgehead atoms. The molecular weight excluding hydrogens is 452 g/mol.